The maximum absolute atomic E-state index is 5.96. The van der Waals surface area contributed by atoms with E-state index < -0.39 is 0 Å². The lowest BCUT2D eigenvalue weighted by Gasteiger charge is -2.26. The van der Waals surface area contributed by atoms with E-state index in [1.54, 1.807) is 0 Å². The molecule has 0 amide bonds. The Labute approximate surface area is 376 Å². The Morgan fingerprint density at radius 1 is 0.500 bits per heavy atom. The van der Waals surface area contributed by atoms with Crippen LogP contribution < -0.4 is 0 Å². The van der Waals surface area contributed by atoms with Crippen LogP contribution in [0.3, 0.4) is 0 Å². The van der Waals surface area contributed by atoms with Gasteiger partial charge in [-0.15, -0.1) is 0 Å². The second kappa shape index (κ2) is 16.4. The van der Waals surface area contributed by atoms with E-state index in [9.17, 15) is 0 Å². The summed E-state index contributed by atoms with van der Waals surface area (Å²) < 4.78 is 2.54. The summed E-state index contributed by atoms with van der Waals surface area (Å²) >= 11 is 0. The molecule has 3 atom stereocenters. The summed E-state index contributed by atoms with van der Waals surface area (Å²) in [5.74, 6) is 0.444. The first-order chi connectivity index (χ1) is 31.6. The minimum absolute atomic E-state index is 0.0572. The maximum atomic E-state index is 5.96. The molecule has 0 spiro atoms. The Hall–Kier alpha value is -7.29. The first kappa shape index (κ1) is 39.5. The number of aliphatic imine (C=N–C) groups is 1. The van der Waals surface area contributed by atoms with Crippen LogP contribution in [0, 0.1) is 11.8 Å². The van der Waals surface area contributed by atoms with Crippen molar-refractivity contribution in [1.82, 2.24) is 4.57 Å². The molecule has 0 fully saturated rings. The molecule has 11 aromatic rings. The lowest BCUT2D eigenvalue weighted by Crippen LogP contribution is -2.18. The Morgan fingerprint density at radius 2 is 1.05 bits per heavy atom. The Morgan fingerprint density at radius 3 is 1.72 bits per heavy atom. The van der Waals surface area contributed by atoms with E-state index in [0.717, 1.165) is 24.2 Å². The van der Waals surface area contributed by atoms with Gasteiger partial charge in [-0.3, -0.25) is 4.99 Å². The van der Waals surface area contributed by atoms with Crippen LogP contribution in [0.15, 0.2) is 205 Å². The fourth-order valence-electron chi connectivity index (χ4n) is 10.7. The maximum Gasteiger partial charge on any atom is 0.0784 e. The lowest BCUT2D eigenvalue weighted by atomic mass is 9.83. The van der Waals surface area contributed by atoms with Crippen molar-refractivity contribution in [2.75, 3.05) is 0 Å². The predicted octanol–water partition coefficient (Wildman–Crippen LogP) is 17.2. The fraction of sp³-hybridized carbons (Fsp3) is 0.145. The number of allylic oxidation sites excluding steroid dienone is 2. The van der Waals surface area contributed by atoms with Crippen molar-refractivity contribution in [2.45, 2.75) is 46.6 Å². The molecule has 2 heteroatoms. The molecule has 0 aliphatic rings. The van der Waals surface area contributed by atoms with Crippen molar-refractivity contribution in [3.8, 4) is 16.8 Å². The zero-order valence-electron chi connectivity index (χ0n) is 37.1. The van der Waals surface area contributed by atoms with Crippen LogP contribution in [0.5, 0.6) is 0 Å². The van der Waals surface area contributed by atoms with Crippen LogP contribution >= 0.6 is 0 Å². The molecule has 11 rings (SSSR count). The van der Waals surface area contributed by atoms with Crippen LogP contribution in [-0.2, 0) is 0 Å². The third-order valence-corrected chi connectivity index (χ3v) is 14.0. The normalized spacial score (nSPS) is 14.1. The monoisotopic (exact) mass is 824 g/mol. The summed E-state index contributed by atoms with van der Waals surface area (Å²) in [6.07, 6.45) is 4.40. The highest BCUT2D eigenvalue weighted by Gasteiger charge is 2.28. The van der Waals surface area contributed by atoms with Gasteiger partial charge in [0.15, 0.2) is 0 Å². The summed E-state index contributed by atoms with van der Waals surface area (Å²) in [6.45, 7) is 9.23. The van der Waals surface area contributed by atoms with Gasteiger partial charge in [-0.2, -0.15) is 0 Å². The third-order valence-electron chi connectivity index (χ3n) is 14.0. The van der Waals surface area contributed by atoms with Gasteiger partial charge in [-0.25, -0.2) is 0 Å². The summed E-state index contributed by atoms with van der Waals surface area (Å²) in [5.41, 5.74) is 12.3. The molecule has 0 aliphatic carbocycles. The van der Waals surface area contributed by atoms with E-state index in [-0.39, 0.29) is 12.0 Å². The average Bonchev–Trinajstić information content (AvgIpc) is 3.71. The van der Waals surface area contributed by atoms with E-state index in [0.29, 0.717) is 5.92 Å². The van der Waals surface area contributed by atoms with Gasteiger partial charge in [0.1, 0.15) is 0 Å². The summed E-state index contributed by atoms with van der Waals surface area (Å²) in [4.78, 5) is 5.96. The highest BCUT2D eigenvalue weighted by Crippen LogP contribution is 2.52. The average molecular weight is 825 g/mol. The molecule has 310 valence electrons. The fourth-order valence-corrected chi connectivity index (χ4v) is 10.7. The lowest BCUT2D eigenvalue weighted by molar-refractivity contribution is 0.460. The van der Waals surface area contributed by atoms with Crippen molar-refractivity contribution >= 4 is 76.2 Å². The number of hydrogen-bond acceptors (Lipinski definition) is 1. The predicted molar refractivity (Wildman–Crippen MR) is 276 cm³/mol. The zero-order chi connectivity index (χ0) is 43.3. The van der Waals surface area contributed by atoms with Crippen molar-refractivity contribution in [2.24, 2.45) is 16.8 Å². The molecule has 0 saturated heterocycles. The quantitative estimate of drug-likeness (QED) is 0.0913. The molecule has 0 radical (unpaired) electrons. The molecule has 64 heavy (non-hydrogen) atoms. The van der Waals surface area contributed by atoms with Gasteiger partial charge in [0.25, 0.3) is 0 Å². The van der Waals surface area contributed by atoms with Crippen LogP contribution in [0.4, 0.5) is 0 Å². The molecule has 0 aliphatic heterocycles. The van der Waals surface area contributed by atoms with Crippen molar-refractivity contribution in [3.05, 3.63) is 217 Å². The van der Waals surface area contributed by atoms with E-state index in [4.69, 9.17) is 4.99 Å². The third kappa shape index (κ3) is 6.43. The molecular formula is C62H52N2. The topological polar surface area (TPSA) is 17.3 Å². The van der Waals surface area contributed by atoms with Gasteiger partial charge >= 0.3 is 0 Å². The standard InChI is InChI=1S/C62H52N2/c1-5-40(3)60(63-61(44-25-12-8-13-26-44)42(6-2)39-41(4)43-23-10-7-11-24-43)54-38-37-53(46-29-16-17-30-47(46)54)57-52-34-21-20-33-51(52)56-49-32-19-18-31-48(49)50-35-22-36-55-58(50)59(56)62(57)64(55)45-27-14-9-15-28-45/h7-40,42,60H,5-6H2,1-4H3/b41-39+,63-61?. The number of nitrogens with zero attached hydrogens (tertiary/aromatic N) is 2. The number of benzene rings is 10. The van der Waals surface area contributed by atoms with Gasteiger partial charge in [-0.05, 0) is 103 Å². The van der Waals surface area contributed by atoms with Crippen LogP contribution in [0.25, 0.3) is 87.3 Å². The number of rotatable bonds is 11. The minimum Gasteiger partial charge on any atom is -0.309 e. The van der Waals surface area contributed by atoms with Crippen LogP contribution in [0.1, 0.15) is 63.3 Å². The van der Waals surface area contributed by atoms with Gasteiger partial charge < -0.3 is 4.57 Å². The Kier molecular flexibility index (Phi) is 10.2. The molecule has 1 heterocycles. The van der Waals surface area contributed by atoms with Crippen molar-refractivity contribution < 1.29 is 0 Å². The van der Waals surface area contributed by atoms with Gasteiger partial charge in [-0.1, -0.05) is 209 Å². The van der Waals surface area contributed by atoms with E-state index >= 15 is 0 Å². The second-order valence-electron chi connectivity index (χ2n) is 17.6. The molecule has 0 bridgehead atoms. The number of fused-ring (bicyclic) bond motifs is 6. The van der Waals surface area contributed by atoms with E-state index in [1.165, 1.54) is 98.3 Å². The molecule has 3 unspecified atom stereocenters. The number of para-hydroxylation sites is 1. The SMILES string of the molecule is CCC(/C=C(\C)c1ccccc1)C(=NC(c1ccc(-c2c3ccccc3c3c4ccccc4c4cccc5c4c3c2n5-c2ccccc2)c2ccccc12)C(C)CC)c1ccccc1. The molecule has 0 N–H and O–H groups in total. The number of aromatic nitrogens is 1. The molecular weight excluding hydrogens is 773 g/mol. The van der Waals surface area contributed by atoms with Gasteiger partial charge in [0, 0.05) is 39.0 Å². The smallest absolute Gasteiger partial charge is 0.0784 e. The van der Waals surface area contributed by atoms with Gasteiger partial charge in [0.05, 0.1) is 17.1 Å². The van der Waals surface area contributed by atoms with Gasteiger partial charge in [0.2, 0.25) is 0 Å². The van der Waals surface area contributed by atoms with Crippen LogP contribution in [0.2, 0.25) is 0 Å². The largest absolute Gasteiger partial charge is 0.309 e. The Balaban J connectivity index is 1.21. The molecule has 2 nitrogen and oxygen atoms in total. The summed E-state index contributed by atoms with van der Waals surface area (Å²) in [5, 5.41) is 12.9. The first-order valence-corrected chi connectivity index (χ1v) is 23.1. The summed E-state index contributed by atoms with van der Waals surface area (Å²) in [7, 11) is 0. The van der Waals surface area contributed by atoms with Crippen molar-refractivity contribution in [1.29, 1.82) is 0 Å². The molecule has 1 aromatic heterocycles. The Bertz CT molecular complexity index is 3540. The van der Waals surface area contributed by atoms with E-state index in [1.807, 2.05) is 0 Å². The highest BCUT2D eigenvalue weighted by molar-refractivity contribution is 6.42. The molecule has 0 saturated carbocycles. The zero-order valence-corrected chi connectivity index (χ0v) is 37.1. The first-order valence-electron chi connectivity index (χ1n) is 23.1. The van der Waals surface area contributed by atoms with E-state index in [2.05, 4.69) is 232 Å². The molecule has 10 aromatic carbocycles. The van der Waals surface area contributed by atoms with Crippen molar-refractivity contribution in [3.63, 3.8) is 0 Å². The number of hydrogen-bond donors (Lipinski definition) is 0. The van der Waals surface area contributed by atoms with Crippen LogP contribution in [-0.4, -0.2) is 10.3 Å². The minimum atomic E-state index is -0.0572. The second-order valence-corrected chi connectivity index (χ2v) is 17.6. The highest BCUT2D eigenvalue weighted by atomic mass is 15.0. The summed E-state index contributed by atoms with van der Waals surface area (Å²) in [6, 6.07) is 71.5.